The molecule has 4 nitrogen and oxygen atoms in total. The number of amides is 1. The Bertz CT molecular complexity index is 950. The van der Waals surface area contributed by atoms with Crippen molar-refractivity contribution in [1.82, 2.24) is 15.2 Å². The summed E-state index contributed by atoms with van der Waals surface area (Å²) in [6, 6.07) is 12.0. The molecular weight excluding hydrogens is 361 g/mol. The molecule has 1 fully saturated rings. The quantitative estimate of drug-likeness (QED) is 0.705. The van der Waals surface area contributed by atoms with Gasteiger partial charge in [-0.15, -0.1) is 0 Å². The van der Waals surface area contributed by atoms with Gasteiger partial charge >= 0.3 is 0 Å². The molecule has 0 radical (unpaired) electrons. The fraction of sp³-hybridized carbons (Fsp3) is 0.286. The van der Waals surface area contributed by atoms with E-state index < -0.39 is 0 Å². The van der Waals surface area contributed by atoms with Gasteiger partial charge in [0.05, 0.1) is 0 Å². The summed E-state index contributed by atoms with van der Waals surface area (Å²) in [5.41, 5.74) is 3.52. The van der Waals surface area contributed by atoms with E-state index in [0.29, 0.717) is 12.1 Å². The largest absolute Gasteiger partial charge is 0.361 e. The van der Waals surface area contributed by atoms with Crippen LogP contribution in [0.25, 0.3) is 10.9 Å². The van der Waals surface area contributed by atoms with Gasteiger partial charge in [-0.05, 0) is 35.4 Å². The molecule has 1 saturated heterocycles. The minimum atomic E-state index is -0.295. The van der Waals surface area contributed by atoms with E-state index in [1.807, 2.05) is 36.2 Å². The second-order valence-electron chi connectivity index (χ2n) is 6.74. The van der Waals surface area contributed by atoms with E-state index in [-0.39, 0.29) is 11.7 Å². The predicted octanol–water partition coefficient (Wildman–Crippen LogP) is 3.79. The van der Waals surface area contributed by atoms with Gasteiger partial charge in [0.1, 0.15) is 5.82 Å². The Balaban J connectivity index is 1.55. The Hall–Kier alpha value is -2.31. The average Bonchev–Trinajstić information content (AvgIpc) is 3.10. The first kappa shape index (κ1) is 18.1. The average molecular weight is 383 g/mol. The molecule has 0 unspecified atom stereocenters. The summed E-state index contributed by atoms with van der Waals surface area (Å²) in [6.07, 6.45) is 2.01. The van der Waals surface area contributed by atoms with Crippen LogP contribution in [0, 0.1) is 5.82 Å². The third-order valence-electron chi connectivity index (χ3n) is 4.87. The van der Waals surface area contributed by atoms with Crippen molar-refractivity contribution in [2.45, 2.75) is 13.1 Å². The van der Waals surface area contributed by atoms with E-state index in [9.17, 15) is 9.18 Å². The number of rotatable bonds is 5. The molecule has 0 spiro atoms. The molecule has 0 bridgehead atoms. The third kappa shape index (κ3) is 4.17. The lowest BCUT2D eigenvalue weighted by Gasteiger charge is -2.26. The highest BCUT2D eigenvalue weighted by Gasteiger charge is 2.17. The number of nitrogens with zero attached hydrogens (tertiary/aromatic N) is 1. The van der Waals surface area contributed by atoms with Gasteiger partial charge in [-0.1, -0.05) is 18.2 Å². The van der Waals surface area contributed by atoms with Gasteiger partial charge in [0, 0.05) is 60.3 Å². The second-order valence-corrected chi connectivity index (χ2v) is 7.97. The molecular formula is C21H22FN3OS. The van der Waals surface area contributed by atoms with E-state index in [4.69, 9.17) is 0 Å². The van der Waals surface area contributed by atoms with Crippen LogP contribution in [0.1, 0.15) is 21.5 Å². The zero-order valence-electron chi connectivity index (χ0n) is 15.0. The number of H-pyrrole nitrogens is 1. The Labute approximate surface area is 162 Å². The molecule has 6 heteroatoms. The molecule has 2 aromatic carbocycles. The van der Waals surface area contributed by atoms with Crippen LogP contribution in [0.5, 0.6) is 0 Å². The van der Waals surface area contributed by atoms with Gasteiger partial charge in [0.25, 0.3) is 5.91 Å². The summed E-state index contributed by atoms with van der Waals surface area (Å²) in [7, 11) is 0. The normalized spacial score (nSPS) is 15.1. The second kappa shape index (κ2) is 8.15. The van der Waals surface area contributed by atoms with Gasteiger partial charge in [0.2, 0.25) is 0 Å². The van der Waals surface area contributed by atoms with Crippen molar-refractivity contribution >= 4 is 28.6 Å². The first-order valence-electron chi connectivity index (χ1n) is 9.12. The summed E-state index contributed by atoms with van der Waals surface area (Å²) < 4.78 is 13.3. The molecule has 3 aromatic rings. The molecule has 2 heterocycles. The highest BCUT2D eigenvalue weighted by molar-refractivity contribution is 7.99. The first-order valence-corrected chi connectivity index (χ1v) is 10.3. The Morgan fingerprint density at radius 3 is 2.81 bits per heavy atom. The molecule has 140 valence electrons. The lowest BCUT2D eigenvalue weighted by atomic mass is 10.0. The van der Waals surface area contributed by atoms with Gasteiger partial charge in [0.15, 0.2) is 0 Å². The van der Waals surface area contributed by atoms with E-state index in [2.05, 4.69) is 15.2 Å². The molecule has 1 aromatic heterocycles. The van der Waals surface area contributed by atoms with E-state index in [1.54, 1.807) is 12.1 Å². The molecule has 0 aliphatic carbocycles. The van der Waals surface area contributed by atoms with E-state index >= 15 is 0 Å². The number of benzene rings is 2. The zero-order valence-corrected chi connectivity index (χ0v) is 15.8. The summed E-state index contributed by atoms with van der Waals surface area (Å²) in [4.78, 5) is 18.5. The maximum atomic E-state index is 13.3. The topological polar surface area (TPSA) is 48.1 Å². The van der Waals surface area contributed by atoms with Crippen LogP contribution in [0.2, 0.25) is 0 Å². The van der Waals surface area contributed by atoms with Crippen molar-refractivity contribution in [2.75, 3.05) is 24.6 Å². The molecule has 1 aliphatic rings. The molecule has 0 atom stereocenters. The Morgan fingerprint density at radius 1 is 1.19 bits per heavy atom. The van der Waals surface area contributed by atoms with Crippen molar-refractivity contribution < 1.29 is 9.18 Å². The molecule has 2 N–H and O–H groups in total. The standard InChI is InChI=1S/C21H22FN3OS/c22-17-4-1-3-15(11-17)12-24-21(26)18-5-2-6-19-20(18)16(13-23-19)14-25-7-9-27-10-8-25/h1-6,11,13,23H,7-10,12,14H2,(H,24,26). The lowest BCUT2D eigenvalue weighted by Crippen LogP contribution is -2.32. The van der Waals surface area contributed by atoms with Crippen LogP contribution in [0.4, 0.5) is 4.39 Å². The molecule has 27 heavy (non-hydrogen) atoms. The van der Waals surface area contributed by atoms with Gasteiger partial charge in [-0.25, -0.2) is 4.39 Å². The number of carbonyl (C=O) groups excluding carboxylic acids is 1. The van der Waals surface area contributed by atoms with Crippen LogP contribution in [-0.2, 0) is 13.1 Å². The van der Waals surface area contributed by atoms with Crippen molar-refractivity contribution in [3.8, 4) is 0 Å². The summed E-state index contributed by atoms with van der Waals surface area (Å²) >= 11 is 1.99. The van der Waals surface area contributed by atoms with Crippen LogP contribution in [0.15, 0.2) is 48.7 Å². The minimum Gasteiger partial charge on any atom is -0.361 e. The van der Waals surface area contributed by atoms with Crippen molar-refractivity contribution in [1.29, 1.82) is 0 Å². The molecule has 1 aliphatic heterocycles. The number of carbonyl (C=O) groups is 1. The summed E-state index contributed by atoms with van der Waals surface area (Å²) in [5.74, 6) is 1.88. The van der Waals surface area contributed by atoms with Gasteiger partial charge < -0.3 is 10.3 Å². The third-order valence-corrected chi connectivity index (χ3v) is 5.81. The van der Waals surface area contributed by atoms with Crippen LogP contribution in [-0.4, -0.2) is 40.4 Å². The Kier molecular flexibility index (Phi) is 5.45. The van der Waals surface area contributed by atoms with Crippen LogP contribution >= 0.6 is 11.8 Å². The predicted molar refractivity (Wildman–Crippen MR) is 108 cm³/mol. The maximum Gasteiger partial charge on any atom is 0.252 e. The van der Waals surface area contributed by atoms with Gasteiger partial charge in [-0.2, -0.15) is 11.8 Å². The maximum absolute atomic E-state index is 13.3. The summed E-state index contributed by atoms with van der Waals surface area (Å²) in [5, 5.41) is 3.90. The number of halogens is 1. The number of nitrogens with one attached hydrogen (secondary N) is 2. The fourth-order valence-corrected chi connectivity index (χ4v) is 4.47. The fourth-order valence-electron chi connectivity index (χ4n) is 3.49. The Morgan fingerprint density at radius 2 is 2.00 bits per heavy atom. The molecule has 1 amide bonds. The lowest BCUT2D eigenvalue weighted by molar-refractivity contribution is 0.0952. The number of thioether (sulfide) groups is 1. The number of aromatic amines is 1. The zero-order chi connectivity index (χ0) is 18.6. The summed E-state index contributed by atoms with van der Waals surface area (Å²) in [6.45, 7) is 3.29. The van der Waals surface area contributed by atoms with Gasteiger partial charge in [-0.3, -0.25) is 9.69 Å². The van der Waals surface area contributed by atoms with Crippen molar-refractivity contribution in [3.63, 3.8) is 0 Å². The number of hydrogen-bond donors (Lipinski definition) is 2. The van der Waals surface area contributed by atoms with Crippen molar-refractivity contribution in [3.05, 3.63) is 71.2 Å². The molecule has 0 saturated carbocycles. The number of fused-ring (bicyclic) bond motifs is 1. The number of aromatic nitrogens is 1. The number of hydrogen-bond acceptors (Lipinski definition) is 3. The first-order chi connectivity index (χ1) is 13.2. The van der Waals surface area contributed by atoms with Crippen LogP contribution < -0.4 is 5.32 Å². The SMILES string of the molecule is O=C(NCc1cccc(F)c1)c1cccc2[nH]cc(CN3CCSCC3)c12. The van der Waals surface area contributed by atoms with Crippen molar-refractivity contribution in [2.24, 2.45) is 0 Å². The van der Waals surface area contributed by atoms with E-state index in [0.717, 1.165) is 53.2 Å². The minimum absolute atomic E-state index is 0.139. The smallest absolute Gasteiger partial charge is 0.252 e. The molecule has 4 rings (SSSR count). The van der Waals surface area contributed by atoms with E-state index in [1.165, 1.54) is 12.1 Å². The highest BCUT2D eigenvalue weighted by Crippen LogP contribution is 2.25. The highest BCUT2D eigenvalue weighted by atomic mass is 32.2. The van der Waals surface area contributed by atoms with Crippen LogP contribution in [0.3, 0.4) is 0 Å². The monoisotopic (exact) mass is 383 g/mol.